The van der Waals surface area contributed by atoms with Gasteiger partial charge in [0.05, 0.1) is 17.8 Å². The van der Waals surface area contributed by atoms with Gasteiger partial charge >= 0.3 is 6.09 Å². The van der Waals surface area contributed by atoms with Crippen molar-refractivity contribution in [3.63, 3.8) is 0 Å². The predicted molar refractivity (Wildman–Crippen MR) is 67.5 cm³/mol. The van der Waals surface area contributed by atoms with Crippen molar-refractivity contribution in [3.05, 3.63) is 15.6 Å². The third kappa shape index (κ3) is 3.43. The number of nitrogens with one attached hydrogen (secondary N) is 1. The zero-order valence-corrected chi connectivity index (χ0v) is 10.9. The molecule has 1 heterocycles. The van der Waals surface area contributed by atoms with Crippen molar-refractivity contribution >= 4 is 17.4 Å². The van der Waals surface area contributed by atoms with Crippen molar-refractivity contribution in [2.75, 3.05) is 13.7 Å². The molecule has 17 heavy (non-hydrogen) atoms. The number of aryl methyl sites for hydroxylation is 3. The summed E-state index contributed by atoms with van der Waals surface area (Å²) in [5.41, 5.74) is 1.32. The lowest BCUT2D eigenvalue weighted by atomic mass is 10.0. The number of hydrogen-bond acceptors (Lipinski definition) is 4. The number of aromatic nitrogens is 1. The zero-order chi connectivity index (χ0) is 12.1. The normalized spacial score (nSPS) is 14.2. The molecule has 0 saturated heterocycles. The third-order valence-corrected chi connectivity index (χ3v) is 4.13. The number of hydrogen-bond donors (Lipinski definition) is 1. The second-order valence-corrected chi connectivity index (χ2v) is 5.37. The number of rotatable bonds is 4. The second-order valence-electron chi connectivity index (χ2n) is 4.21. The maximum atomic E-state index is 10.8. The Morgan fingerprint density at radius 2 is 2.29 bits per heavy atom. The molecule has 0 spiro atoms. The van der Waals surface area contributed by atoms with Crippen molar-refractivity contribution in [2.24, 2.45) is 0 Å². The Balaban J connectivity index is 1.75. The van der Waals surface area contributed by atoms with Crippen LogP contribution in [0.15, 0.2) is 0 Å². The summed E-state index contributed by atoms with van der Waals surface area (Å²) in [5, 5.41) is 3.89. The number of amides is 1. The van der Waals surface area contributed by atoms with Crippen LogP contribution in [-0.2, 0) is 24.0 Å². The van der Waals surface area contributed by atoms with Gasteiger partial charge in [0.15, 0.2) is 0 Å². The number of carbonyl (C=O) groups excluding carboxylic acids is 1. The van der Waals surface area contributed by atoms with Crippen LogP contribution in [0.25, 0.3) is 0 Å². The minimum Gasteiger partial charge on any atom is -0.453 e. The van der Waals surface area contributed by atoms with Crippen LogP contribution in [0.4, 0.5) is 4.79 Å². The van der Waals surface area contributed by atoms with Crippen LogP contribution in [0.5, 0.6) is 0 Å². The number of nitrogens with zero attached hydrogens (tertiary/aromatic N) is 1. The summed E-state index contributed by atoms with van der Waals surface area (Å²) >= 11 is 1.84. The van der Waals surface area contributed by atoms with E-state index < -0.39 is 0 Å². The molecular weight excluding hydrogens is 236 g/mol. The van der Waals surface area contributed by atoms with Crippen molar-refractivity contribution in [2.45, 2.75) is 38.5 Å². The first-order valence-electron chi connectivity index (χ1n) is 6.09. The van der Waals surface area contributed by atoms with E-state index >= 15 is 0 Å². The van der Waals surface area contributed by atoms with Crippen LogP contribution in [0.1, 0.15) is 34.8 Å². The highest BCUT2D eigenvalue weighted by atomic mass is 32.1. The van der Waals surface area contributed by atoms with Gasteiger partial charge in [-0.1, -0.05) is 0 Å². The van der Waals surface area contributed by atoms with E-state index in [-0.39, 0.29) is 6.09 Å². The quantitative estimate of drug-likeness (QED) is 0.839. The summed E-state index contributed by atoms with van der Waals surface area (Å²) in [6.07, 6.45) is 6.44. The molecule has 1 aromatic rings. The van der Waals surface area contributed by atoms with E-state index in [0.29, 0.717) is 6.54 Å². The lowest BCUT2D eigenvalue weighted by molar-refractivity contribution is 0.171. The molecular formula is C12H18N2O2S. The molecule has 0 radical (unpaired) electrons. The lowest BCUT2D eigenvalue weighted by Gasteiger charge is -2.06. The monoisotopic (exact) mass is 254 g/mol. The zero-order valence-electron chi connectivity index (χ0n) is 10.1. The first-order chi connectivity index (χ1) is 8.29. The third-order valence-electron chi connectivity index (χ3n) is 2.91. The van der Waals surface area contributed by atoms with Gasteiger partial charge in [-0.25, -0.2) is 9.78 Å². The summed E-state index contributed by atoms with van der Waals surface area (Å²) < 4.78 is 4.51. The number of fused-ring (bicyclic) bond motifs is 1. The molecule has 1 aliphatic carbocycles. The Hall–Kier alpha value is -1.10. The van der Waals surface area contributed by atoms with Crippen LogP contribution in [0, 0.1) is 0 Å². The van der Waals surface area contributed by atoms with Crippen molar-refractivity contribution < 1.29 is 9.53 Å². The molecule has 1 aliphatic rings. The molecule has 0 bridgehead atoms. The van der Waals surface area contributed by atoms with E-state index in [0.717, 1.165) is 19.3 Å². The number of carbonyl (C=O) groups is 1. The van der Waals surface area contributed by atoms with Crippen molar-refractivity contribution in [3.8, 4) is 0 Å². The molecule has 0 aliphatic heterocycles. The Morgan fingerprint density at radius 3 is 3.06 bits per heavy atom. The molecule has 5 heteroatoms. The lowest BCUT2D eigenvalue weighted by Crippen LogP contribution is -2.24. The molecule has 0 saturated carbocycles. The standard InChI is InChI=1S/C12H18N2O2S/c1-16-12(15)13-8-4-7-11-14-9-5-2-3-6-10(9)17-11/h2-8H2,1H3,(H,13,15). The summed E-state index contributed by atoms with van der Waals surface area (Å²) in [4.78, 5) is 17.0. The highest BCUT2D eigenvalue weighted by molar-refractivity contribution is 7.11. The molecule has 94 valence electrons. The van der Waals surface area contributed by atoms with Gasteiger partial charge in [0.25, 0.3) is 0 Å². The molecule has 1 amide bonds. The summed E-state index contributed by atoms with van der Waals surface area (Å²) in [6, 6.07) is 0. The van der Waals surface area contributed by atoms with Crippen LogP contribution >= 0.6 is 11.3 Å². The SMILES string of the molecule is COC(=O)NCCCc1nc2c(s1)CCCC2. The Bertz CT molecular complexity index is 366. The molecule has 0 atom stereocenters. The van der Waals surface area contributed by atoms with Gasteiger partial charge in [-0.2, -0.15) is 0 Å². The fraction of sp³-hybridized carbons (Fsp3) is 0.667. The van der Waals surface area contributed by atoms with Gasteiger partial charge in [0.1, 0.15) is 0 Å². The van der Waals surface area contributed by atoms with Crippen molar-refractivity contribution in [1.82, 2.24) is 10.3 Å². The highest BCUT2D eigenvalue weighted by Crippen LogP contribution is 2.27. The van der Waals surface area contributed by atoms with E-state index in [4.69, 9.17) is 0 Å². The molecule has 0 aromatic carbocycles. The summed E-state index contributed by atoms with van der Waals surface area (Å²) in [7, 11) is 1.38. The summed E-state index contributed by atoms with van der Waals surface area (Å²) in [5.74, 6) is 0. The van der Waals surface area contributed by atoms with Gasteiger partial charge < -0.3 is 10.1 Å². The summed E-state index contributed by atoms with van der Waals surface area (Å²) in [6.45, 7) is 0.650. The molecule has 1 aromatic heterocycles. The molecule has 0 unspecified atom stereocenters. The average molecular weight is 254 g/mol. The average Bonchev–Trinajstić information content (AvgIpc) is 2.76. The molecule has 2 rings (SSSR count). The van der Waals surface area contributed by atoms with Gasteiger partial charge in [-0.05, 0) is 32.1 Å². The van der Waals surface area contributed by atoms with Gasteiger partial charge in [-0.3, -0.25) is 0 Å². The first kappa shape index (κ1) is 12.4. The Kier molecular flexibility index (Phi) is 4.36. The van der Waals surface area contributed by atoms with E-state index in [1.165, 1.54) is 42.0 Å². The predicted octanol–water partition coefficient (Wildman–Crippen LogP) is 2.31. The smallest absolute Gasteiger partial charge is 0.406 e. The van der Waals surface area contributed by atoms with Gasteiger partial charge in [-0.15, -0.1) is 11.3 Å². The van der Waals surface area contributed by atoms with Gasteiger partial charge in [0.2, 0.25) is 0 Å². The highest BCUT2D eigenvalue weighted by Gasteiger charge is 2.14. The molecule has 1 N–H and O–H groups in total. The Morgan fingerprint density at radius 1 is 1.47 bits per heavy atom. The van der Waals surface area contributed by atoms with E-state index in [1.54, 1.807) is 0 Å². The maximum Gasteiger partial charge on any atom is 0.406 e. The maximum absolute atomic E-state index is 10.8. The number of alkyl carbamates (subject to hydrolysis) is 1. The van der Waals surface area contributed by atoms with Gasteiger partial charge in [0, 0.05) is 17.8 Å². The Labute approximate surface area is 105 Å². The molecule has 4 nitrogen and oxygen atoms in total. The minimum absolute atomic E-state index is 0.358. The van der Waals surface area contributed by atoms with E-state index in [1.807, 2.05) is 11.3 Å². The van der Waals surface area contributed by atoms with E-state index in [9.17, 15) is 4.79 Å². The fourth-order valence-electron chi connectivity index (χ4n) is 2.01. The number of methoxy groups -OCH3 is 1. The first-order valence-corrected chi connectivity index (χ1v) is 6.90. The molecule has 0 fully saturated rings. The second kappa shape index (κ2) is 6.00. The topological polar surface area (TPSA) is 51.2 Å². The largest absolute Gasteiger partial charge is 0.453 e. The number of thiazole rings is 1. The van der Waals surface area contributed by atoms with Crippen LogP contribution in [0.2, 0.25) is 0 Å². The number of ether oxygens (including phenoxy) is 1. The van der Waals surface area contributed by atoms with Crippen LogP contribution in [0.3, 0.4) is 0 Å². The fourth-order valence-corrected chi connectivity index (χ4v) is 3.21. The van der Waals surface area contributed by atoms with Crippen LogP contribution in [-0.4, -0.2) is 24.7 Å². The minimum atomic E-state index is -0.358. The van der Waals surface area contributed by atoms with Crippen molar-refractivity contribution in [1.29, 1.82) is 0 Å². The van der Waals surface area contributed by atoms with E-state index in [2.05, 4.69) is 15.0 Å². The van der Waals surface area contributed by atoms with Crippen LogP contribution < -0.4 is 5.32 Å².